The van der Waals surface area contributed by atoms with Gasteiger partial charge >= 0.3 is 5.91 Å². The summed E-state index contributed by atoms with van der Waals surface area (Å²) in [5.74, 6) is 0.0219. The van der Waals surface area contributed by atoms with Crippen molar-refractivity contribution in [3.05, 3.63) is 42.8 Å². The van der Waals surface area contributed by atoms with Gasteiger partial charge in [-0.15, -0.1) is 0 Å². The van der Waals surface area contributed by atoms with E-state index in [4.69, 9.17) is 4.42 Å². The number of likely N-dealkylation sites (tertiary alicyclic amines) is 1. The van der Waals surface area contributed by atoms with Crippen molar-refractivity contribution in [3.8, 4) is 0 Å². The Kier molecular flexibility index (Phi) is 3.10. The maximum atomic E-state index is 12.5. The van der Waals surface area contributed by atoms with Crippen molar-refractivity contribution in [2.45, 2.75) is 18.9 Å². The number of carbonyl (C=O) groups excluding carboxylic acids is 1. The van der Waals surface area contributed by atoms with Crippen LogP contribution in [0, 0.1) is 0 Å². The lowest BCUT2D eigenvalue weighted by atomic mass is 10.1. The lowest BCUT2D eigenvalue weighted by molar-refractivity contribution is 0.0652. The quantitative estimate of drug-likeness (QED) is 0.722. The molecule has 3 heterocycles. The molecule has 1 saturated heterocycles. The molecule has 1 aliphatic rings. The van der Waals surface area contributed by atoms with Crippen LogP contribution in [0.3, 0.4) is 0 Å². The van der Waals surface area contributed by atoms with Crippen LogP contribution >= 0.6 is 0 Å². The molecule has 4 rings (SSSR count). The minimum atomic E-state index is -0.145. The van der Waals surface area contributed by atoms with Crippen molar-refractivity contribution in [2.24, 2.45) is 0 Å². The number of piperidine rings is 1. The molecule has 1 fully saturated rings. The normalized spacial score (nSPS) is 16.3. The third-order valence-corrected chi connectivity index (χ3v) is 4.04. The van der Waals surface area contributed by atoms with Crippen molar-refractivity contribution in [1.82, 2.24) is 24.6 Å². The largest absolute Gasteiger partial charge is 0.432 e. The zero-order valence-corrected chi connectivity index (χ0v) is 11.9. The number of rotatable bonds is 2. The molecule has 0 N–H and O–H groups in total. The monoisotopic (exact) mass is 297 g/mol. The second-order valence-electron chi connectivity index (χ2n) is 5.39. The fraction of sp³-hybridized carbons (Fsp3) is 0.333. The van der Waals surface area contributed by atoms with Crippen molar-refractivity contribution < 1.29 is 9.21 Å². The number of hydrogen-bond acceptors (Lipinski definition) is 5. The predicted molar refractivity (Wildman–Crippen MR) is 78.2 cm³/mol. The van der Waals surface area contributed by atoms with Crippen LogP contribution in [0.5, 0.6) is 0 Å². The SMILES string of the molecule is O=C(c1nc2ccccc2o1)N1CCC(n2cncn2)CC1. The van der Waals surface area contributed by atoms with E-state index in [-0.39, 0.29) is 11.8 Å². The Morgan fingerprint density at radius 2 is 2.05 bits per heavy atom. The molecule has 0 spiro atoms. The highest BCUT2D eigenvalue weighted by molar-refractivity contribution is 5.92. The second-order valence-corrected chi connectivity index (χ2v) is 5.39. The molecular weight excluding hydrogens is 282 g/mol. The van der Waals surface area contributed by atoms with Gasteiger partial charge in [0.2, 0.25) is 0 Å². The molecule has 0 unspecified atom stereocenters. The molecule has 7 heteroatoms. The fourth-order valence-corrected chi connectivity index (χ4v) is 2.84. The Hall–Kier alpha value is -2.70. The first kappa shape index (κ1) is 13.0. The van der Waals surface area contributed by atoms with E-state index in [9.17, 15) is 4.79 Å². The average molecular weight is 297 g/mol. The summed E-state index contributed by atoms with van der Waals surface area (Å²) in [4.78, 5) is 22.5. The van der Waals surface area contributed by atoms with Crippen LogP contribution < -0.4 is 0 Å². The highest BCUT2D eigenvalue weighted by Crippen LogP contribution is 2.23. The first-order valence-corrected chi connectivity index (χ1v) is 7.30. The van der Waals surface area contributed by atoms with Crippen molar-refractivity contribution >= 4 is 17.0 Å². The van der Waals surface area contributed by atoms with Crippen LogP contribution in [-0.4, -0.2) is 43.6 Å². The third kappa shape index (κ3) is 2.24. The van der Waals surface area contributed by atoms with Gasteiger partial charge in [-0.2, -0.15) is 5.10 Å². The summed E-state index contributed by atoms with van der Waals surface area (Å²) in [5, 5.41) is 4.17. The van der Waals surface area contributed by atoms with Crippen LogP contribution in [0.2, 0.25) is 0 Å². The van der Waals surface area contributed by atoms with E-state index in [1.54, 1.807) is 11.2 Å². The van der Waals surface area contributed by atoms with E-state index < -0.39 is 0 Å². The topological polar surface area (TPSA) is 77.0 Å². The second kappa shape index (κ2) is 5.25. The molecule has 1 amide bonds. The Labute approximate surface area is 126 Å². The van der Waals surface area contributed by atoms with Crippen molar-refractivity contribution in [1.29, 1.82) is 0 Å². The fourth-order valence-electron chi connectivity index (χ4n) is 2.84. The Balaban J connectivity index is 1.47. The molecule has 7 nitrogen and oxygen atoms in total. The van der Waals surface area contributed by atoms with E-state index in [1.807, 2.05) is 28.9 Å². The van der Waals surface area contributed by atoms with Gasteiger partial charge < -0.3 is 9.32 Å². The van der Waals surface area contributed by atoms with E-state index in [0.29, 0.717) is 30.2 Å². The van der Waals surface area contributed by atoms with Gasteiger partial charge in [0, 0.05) is 13.1 Å². The minimum Gasteiger partial charge on any atom is -0.432 e. The molecule has 3 aromatic rings. The van der Waals surface area contributed by atoms with Crippen LogP contribution in [0.4, 0.5) is 0 Å². The zero-order chi connectivity index (χ0) is 14.9. The summed E-state index contributed by atoms with van der Waals surface area (Å²) in [5.41, 5.74) is 1.35. The van der Waals surface area contributed by atoms with Gasteiger partial charge in [-0.25, -0.2) is 14.6 Å². The molecule has 0 saturated carbocycles. The zero-order valence-electron chi connectivity index (χ0n) is 11.9. The molecule has 1 aromatic carbocycles. The summed E-state index contributed by atoms with van der Waals surface area (Å²) < 4.78 is 7.41. The molecule has 0 bridgehead atoms. The molecule has 2 aromatic heterocycles. The first-order valence-electron chi connectivity index (χ1n) is 7.30. The van der Waals surface area contributed by atoms with Gasteiger partial charge in [-0.1, -0.05) is 12.1 Å². The average Bonchev–Trinajstić information content (AvgIpc) is 3.23. The van der Waals surface area contributed by atoms with Crippen LogP contribution in [0.15, 0.2) is 41.3 Å². The maximum Gasteiger partial charge on any atom is 0.309 e. The standard InChI is InChI=1S/C15H15N5O2/c21-15(14-18-12-3-1-2-4-13(12)22-14)19-7-5-11(6-8-19)20-10-16-9-17-20/h1-4,9-11H,5-8H2. The van der Waals surface area contributed by atoms with Crippen molar-refractivity contribution in [2.75, 3.05) is 13.1 Å². The number of carbonyl (C=O) groups is 1. The number of amides is 1. The van der Waals surface area contributed by atoms with Crippen LogP contribution in [-0.2, 0) is 0 Å². The van der Waals surface area contributed by atoms with E-state index in [0.717, 1.165) is 12.8 Å². The van der Waals surface area contributed by atoms with Gasteiger partial charge in [0.15, 0.2) is 5.58 Å². The lowest BCUT2D eigenvalue weighted by Gasteiger charge is -2.30. The Morgan fingerprint density at radius 3 is 2.77 bits per heavy atom. The number of oxazole rings is 1. The summed E-state index contributed by atoms with van der Waals surface area (Å²) in [7, 11) is 0. The van der Waals surface area contributed by atoms with Gasteiger partial charge in [0.25, 0.3) is 5.89 Å². The van der Waals surface area contributed by atoms with Gasteiger partial charge in [0.1, 0.15) is 18.2 Å². The molecule has 22 heavy (non-hydrogen) atoms. The number of hydrogen-bond donors (Lipinski definition) is 0. The van der Waals surface area contributed by atoms with Crippen LogP contribution in [0.1, 0.15) is 29.6 Å². The van der Waals surface area contributed by atoms with Gasteiger partial charge in [0.05, 0.1) is 6.04 Å². The number of benzene rings is 1. The first-order chi connectivity index (χ1) is 10.8. The van der Waals surface area contributed by atoms with E-state index >= 15 is 0 Å². The summed E-state index contributed by atoms with van der Waals surface area (Å²) in [6.07, 6.45) is 4.98. The summed E-state index contributed by atoms with van der Waals surface area (Å²) in [6.45, 7) is 1.34. The predicted octanol–water partition coefficient (Wildman–Crippen LogP) is 1.90. The number of aromatic nitrogens is 4. The van der Waals surface area contributed by atoms with Crippen molar-refractivity contribution in [3.63, 3.8) is 0 Å². The van der Waals surface area contributed by atoms with Gasteiger partial charge in [-0.3, -0.25) is 4.79 Å². The maximum absolute atomic E-state index is 12.5. The van der Waals surface area contributed by atoms with E-state index in [1.165, 1.54) is 6.33 Å². The Morgan fingerprint density at radius 1 is 1.23 bits per heavy atom. The minimum absolute atomic E-state index is 0.145. The van der Waals surface area contributed by atoms with E-state index in [2.05, 4.69) is 15.1 Å². The lowest BCUT2D eigenvalue weighted by Crippen LogP contribution is -2.39. The smallest absolute Gasteiger partial charge is 0.309 e. The summed E-state index contributed by atoms with van der Waals surface area (Å²) >= 11 is 0. The van der Waals surface area contributed by atoms with Gasteiger partial charge in [-0.05, 0) is 25.0 Å². The molecular formula is C15H15N5O2. The molecule has 0 aliphatic carbocycles. The highest BCUT2D eigenvalue weighted by atomic mass is 16.4. The summed E-state index contributed by atoms with van der Waals surface area (Å²) in [6, 6.07) is 7.70. The van der Waals surface area contributed by atoms with Crippen LogP contribution in [0.25, 0.3) is 11.1 Å². The molecule has 1 aliphatic heterocycles. The highest BCUT2D eigenvalue weighted by Gasteiger charge is 2.27. The number of nitrogens with zero attached hydrogens (tertiary/aromatic N) is 5. The molecule has 112 valence electrons. The third-order valence-electron chi connectivity index (χ3n) is 4.04. The number of para-hydroxylation sites is 2. The Bertz CT molecular complexity index is 754. The number of fused-ring (bicyclic) bond motifs is 1. The molecule has 0 radical (unpaired) electrons. The molecule has 0 atom stereocenters.